The molecule has 0 saturated carbocycles. The Morgan fingerprint density at radius 3 is 3.00 bits per heavy atom. The fourth-order valence-corrected chi connectivity index (χ4v) is 1.77. The molecule has 3 heteroatoms. The Morgan fingerprint density at radius 1 is 1.54 bits per heavy atom. The van der Waals surface area contributed by atoms with Gasteiger partial charge in [-0.1, -0.05) is 0 Å². The first-order valence-electron chi connectivity index (χ1n) is 4.48. The molecule has 0 radical (unpaired) electrons. The van der Waals surface area contributed by atoms with Gasteiger partial charge in [0.2, 0.25) is 0 Å². The van der Waals surface area contributed by atoms with E-state index in [1.54, 1.807) is 0 Å². The molecule has 0 aromatic carbocycles. The SMILES string of the molecule is Cc1ccc([C@H]2CNC[C@H]2C#N)o1. The molecule has 68 valence electrons. The smallest absolute Gasteiger partial charge is 0.109 e. The third-order valence-electron chi connectivity index (χ3n) is 2.51. The Kier molecular flexibility index (Phi) is 2.07. The molecule has 1 aromatic heterocycles. The van der Waals surface area contributed by atoms with E-state index in [1.807, 2.05) is 19.1 Å². The maximum atomic E-state index is 8.87. The van der Waals surface area contributed by atoms with Crippen LogP contribution >= 0.6 is 0 Å². The second-order valence-corrected chi connectivity index (χ2v) is 3.45. The lowest BCUT2D eigenvalue weighted by molar-refractivity contribution is 0.433. The van der Waals surface area contributed by atoms with E-state index < -0.39 is 0 Å². The van der Waals surface area contributed by atoms with Gasteiger partial charge >= 0.3 is 0 Å². The van der Waals surface area contributed by atoms with Crippen molar-refractivity contribution in [3.8, 4) is 6.07 Å². The molecule has 1 fully saturated rings. The molecule has 2 heterocycles. The fourth-order valence-electron chi connectivity index (χ4n) is 1.77. The molecule has 2 rings (SSSR count). The number of hydrogen-bond donors (Lipinski definition) is 1. The van der Waals surface area contributed by atoms with Crippen molar-refractivity contribution in [1.29, 1.82) is 5.26 Å². The molecule has 3 nitrogen and oxygen atoms in total. The first-order valence-corrected chi connectivity index (χ1v) is 4.48. The van der Waals surface area contributed by atoms with Crippen molar-refractivity contribution in [3.05, 3.63) is 23.7 Å². The number of hydrogen-bond acceptors (Lipinski definition) is 3. The lowest BCUT2D eigenvalue weighted by atomic mass is 9.95. The highest BCUT2D eigenvalue weighted by molar-refractivity contribution is 5.17. The molecule has 13 heavy (non-hydrogen) atoms. The minimum Gasteiger partial charge on any atom is -0.466 e. The Balaban J connectivity index is 2.21. The first-order chi connectivity index (χ1) is 6.31. The summed E-state index contributed by atoms with van der Waals surface area (Å²) in [6.45, 7) is 3.55. The molecule has 0 unspecified atom stereocenters. The van der Waals surface area contributed by atoms with E-state index in [4.69, 9.17) is 9.68 Å². The highest BCUT2D eigenvalue weighted by Gasteiger charge is 2.30. The van der Waals surface area contributed by atoms with E-state index in [1.165, 1.54) is 0 Å². The van der Waals surface area contributed by atoms with Gasteiger partial charge in [0.1, 0.15) is 11.5 Å². The number of aryl methyl sites for hydroxylation is 1. The molecule has 0 aliphatic carbocycles. The molecule has 1 aliphatic heterocycles. The van der Waals surface area contributed by atoms with E-state index in [0.29, 0.717) is 0 Å². The summed E-state index contributed by atoms with van der Waals surface area (Å²) in [5, 5.41) is 12.1. The van der Waals surface area contributed by atoms with Gasteiger partial charge in [0.25, 0.3) is 0 Å². The van der Waals surface area contributed by atoms with Crippen molar-refractivity contribution in [2.45, 2.75) is 12.8 Å². The maximum Gasteiger partial charge on any atom is 0.109 e. The largest absolute Gasteiger partial charge is 0.466 e. The van der Waals surface area contributed by atoms with Crippen LogP contribution < -0.4 is 5.32 Å². The maximum absolute atomic E-state index is 8.87. The summed E-state index contributed by atoms with van der Waals surface area (Å²) in [6.07, 6.45) is 0. The van der Waals surface area contributed by atoms with Crippen LogP contribution in [0.2, 0.25) is 0 Å². The van der Waals surface area contributed by atoms with Crippen LogP contribution in [0.1, 0.15) is 17.4 Å². The minimum atomic E-state index is 0.0607. The van der Waals surface area contributed by atoms with Crippen LogP contribution in [0.25, 0.3) is 0 Å². The number of rotatable bonds is 1. The van der Waals surface area contributed by atoms with Crippen LogP contribution in [0.5, 0.6) is 0 Å². The van der Waals surface area contributed by atoms with Crippen LogP contribution in [0, 0.1) is 24.2 Å². The van der Waals surface area contributed by atoms with E-state index in [2.05, 4.69) is 11.4 Å². The third kappa shape index (κ3) is 1.45. The van der Waals surface area contributed by atoms with Crippen molar-refractivity contribution < 1.29 is 4.42 Å². The Labute approximate surface area is 77.4 Å². The van der Waals surface area contributed by atoms with Gasteiger partial charge < -0.3 is 9.73 Å². The molecule has 0 bridgehead atoms. The summed E-state index contributed by atoms with van der Waals surface area (Å²) in [4.78, 5) is 0. The van der Waals surface area contributed by atoms with Gasteiger partial charge in [0.05, 0.1) is 12.0 Å². The van der Waals surface area contributed by atoms with Gasteiger partial charge in [-0.25, -0.2) is 0 Å². The van der Waals surface area contributed by atoms with Crippen molar-refractivity contribution in [1.82, 2.24) is 5.32 Å². The van der Waals surface area contributed by atoms with E-state index in [9.17, 15) is 0 Å². The zero-order chi connectivity index (χ0) is 9.26. The van der Waals surface area contributed by atoms with Crippen LogP contribution in [0.3, 0.4) is 0 Å². The lowest BCUT2D eigenvalue weighted by Gasteiger charge is -2.07. The first kappa shape index (κ1) is 8.33. The number of furan rings is 1. The molecule has 0 amide bonds. The highest BCUT2D eigenvalue weighted by atomic mass is 16.3. The highest BCUT2D eigenvalue weighted by Crippen LogP contribution is 2.28. The monoisotopic (exact) mass is 176 g/mol. The third-order valence-corrected chi connectivity index (χ3v) is 2.51. The summed E-state index contributed by atoms with van der Waals surface area (Å²) in [7, 11) is 0. The van der Waals surface area contributed by atoms with Crippen LogP contribution in [-0.4, -0.2) is 13.1 Å². The Morgan fingerprint density at radius 2 is 2.38 bits per heavy atom. The number of nitrogens with one attached hydrogen (secondary N) is 1. The van der Waals surface area contributed by atoms with Crippen LogP contribution in [0.15, 0.2) is 16.5 Å². The molecular formula is C10H12N2O. The Hall–Kier alpha value is -1.27. The molecule has 1 N–H and O–H groups in total. The van der Waals surface area contributed by atoms with Gasteiger partial charge in [-0.3, -0.25) is 0 Å². The molecular weight excluding hydrogens is 164 g/mol. The van der Waals surface area contributed by atoms with Crippen LogP contribution in [-0.2, 0) is 0 Å². The molecule has 2 atom stereocenters. The van der Waals surface area contributed by atoms with E-state index >= 15 is 0 Å². The Bertz CT molecular complexity index is 337. The quantitative estimate of drug-likeness (QED) is 0.703. The average molecular weight is 176 g/mol. The predicted molar refractivity (Wildman–Crippen MR) is 48.2 cm³/mol. The van der Waals surface area contributed by atoms with Gasteiger partial charge in [-0.05, 0) is 19.1 Å². The zero-order valence-electron chi connectivity index (χ0n) is 7.58. The second kappa shape index (κ2) is 3.23. The van der Waals surface area contributed by atoms with Gasteiger partial charge in [0.15, 0.2) is 0 Å². The number of nitrogens with zero attached hydrogens (tertiary/aromatic N) is 1. The van der Waals surface area contributed by atoms with Crippen molar-refractivity contribution >= 4 is 0 Å². The number of nitriles is 1. The zero-order valence-corrected chi connectivity index (χ0v) is 7.58. The van der Waals surface area contributed by atoms with Gasteiger partial charge in [-0.15, -0.1) is 0 Å². The molecule has 0 spiro atoms. The van der Waals surface area contributed by atoms with Crippen LogP contribution in [0.4, 0.5) is 0 Å². The van der Waals surface area contributed by atoms with E-state index in [0.717, 1.165) is 24.6 Å². The minimum absolute atomic E-state index is 0.0607. The normalized spacial score (nSPS) is 27.4. The van der Waals surface area contributed by atoms with Gasteiger partial charge in [0, 0.05) is 19.0 Å². The summed E-state index contributed by atoms with van der Waals surface area (Å²) in [5.41, 5.74) is 0. The summed E-state index contributed by atoms with van der Waals surface area (Å²) >= 11 is 0. The van der Waals surface area contributed by atoms with Crippen molar-refractivity contribution in [2.75, 3.05) is 13.1 Å². The molecule has 1 saturated heterocycles. The molecule has 1 aliphatic rings. The summed E-state index contributed by atoms with van der Waals surface area (Å²) in [5.74, 6) is 2.15. The second-order valence-electron chi connectivity index (χ2n) is 3.45. The summed E-state index contributed by atoms with van der Waals surface area (Å²) < 4.78 is 5.51. The fraction of sp³-hybridized carbons (Fsp3) is 0.500. The van der Waals surface area contributed by atoms with Gasteiger partial charge in [-0.2, -0.15) is 5.26 Å². The van der Waals surface area contributed by atoms with Crippen molar-refractivity contribution in [2.24, 2.45) is 5.92 Å². The molecule has 1 aromatic rings. The van der Waals surface area contributed by atoms with E-state index in [-0.39, 0.29) is 11.8 Å². The summed E-state index contributed by atoms with van der Waals surface area (Å²) in [6, 6.07) is 6.22. The predicted octanol–water partition coefficient (Wildman–Crippen LogP) is 1.41. The topological polar surface area (TPSA) is 49.0 Å². The van der Waals surface area contributed by atoms with Crippen molar-refractivity contribution in [3.63, 3.8) is 0 Å². The average Bonchev–Trinajstić information content (AvgIpc) is 2.71. The standard InChI is InChI=1S/C10H12N2O/c1-7-2-3-10(13-7)9-6-12-5-8(9)4-11/h2-3,8-9,12H,5-6H2,1H3/t8-,9+/m1/s1. The lowest BCUT2D eigenvalue weighted by Crippen LogP contribution is -2.07.